The quantitative estimate of drug-likeness (QED) is 0.720. The zero-order valence-corrected chi connectivity index (χ0v) is 15.2. The van der Waals surface area contributed by atoms with Crippen LogP contribution in [0.3, 0.4) is 0 Å². The largest absolute Gasteiger partial charge is 0.444 e. The highest BCUT2D eigenvalue weighted by atomic mass is 16.6. The van der Waals surface area contributed by atoms with Crippen LogP contribution in [-0.2, 0) is 4.74 Å². The SMILES string of the molecule is CN(C(=O)OC(C)(C)C)C1CCC(O)C1.CNC1CCC(O)C1. The van der Waals surface area contributed by atoms with Crippen molar-refractivity contribution in [1.82, 2.24) is 10.2 Å². The lowest BCUT2D eigenvalue weighted by molar-refractivity contribution is 0.0217. The number of nitrogens with zero attached hydrogens (tertiary/aromatic N) is 1. The number of aliphatic hydroxyl groups excluding tert-OH is 2. The smallest absolute Gasteiger partial charge is 0.410 e. The van der Waals surface area contributed by atoms with Gasteiger partial charge in [-0.05, 0) is 66.3 Å². The van der Waals surface area contributed by atoms with Crippen molar-refractivity contribution in [2.45, 2.75) is 89.2 Å². The number of hydrogen-bond donors (Lipinski definition) is 3. The third-order valence-electron chi connectivity index (χ3n) is 4.42. The molecule has 0 heterocycles. The molecule has 0 spiro atoms. The third kappa shape index (κ3) is 7.50. The maximum Gasteiger partial charge on any atom is 0.410 e. The van der Waals surface area contributed by atoms with E-state index >= 15 is 0 Å². The molecule has 0 aromatic carbocycles. The van der Waals surface area contributed by atoms with Gasteiger partial charge >= 0.3 is 6.09 Å². The maximum atomic E-state index is 11.7. The van der Waals surface area contributed by atoms with Crippen molar-refractivity contribution in [3.63, 3.8) is 0 Å². The summed E-state index contributed by atoms with van der Waals surface area (Å²) in [6.45, 7) is 5.55. The van der Waals surface area contributed by atoms with Crippen LogP contribution in [0.2, 0.25) is 0 Å². The third-order valence-corrected chi connectivity index (χ3v) is 4.42. The van der Waals surface area contributed by atoms with Gasteiger partial charge in [-0.3, -0.25) is 0 Å². The topological polar surface area (TPSA) is 82.0 Å². The highest BCUT2D eigenvalue weighted by Gasteiger charge is 2.31. The first-order valence-corrected chi connectivity index (χ1v) is 8.61. The first kappa shape index (κ1) is 20.2. The minimum Gasteiger partial charge on any atom is -0.444 e. The van der Waals surface area contributed by atoms with Crippen LogP contribution in [0.5, 0.6) is 0 Å². The van der Waals surface area contributed by atoms with Crippen LogP contribution in [0.25, 0.3) is 0 Å². The van der Waals surface area contributed by atoms with Gasteiger partial charge in [0.25, 0.3) is 0 Å². The van der Waals surface area contributed by atoms with Gasteiger partial charge in [0.2, 0.25) is 0 Å². The van der Waals surface area contributed by atoms with E-state index < -0.39 is 5.60 Å². The molecule has 4 unspecified atom stereocenters. The summed E-state index contributed by atoms with van der Waals surface area (Å²) in [7, 11) is 3.68. The zero-order chi connectivity index (χ0) is 17.6. The summed E-state index contributed by atoms with van der Waals surface area (Å²) in [6.07, 6.45) is 4.75. The van der Waals surface area contributed by atoms with Crippen LogP contribution >= 0.6 is 0 Å². The molecule has 0 bridgehead atoms. The molecule has 6 nitrogen and oxygen atoms in total. The molecule has 2 fully saturated rings. The van der Waals surface area contributed by atoms with E-state index in [1.54, 1.807) is 11.9 Å². The number of amides is 1. The number of carbonyl (C=O) groups excluding carboxylic acids is 1. The van der Waals surface area contributed by atoms with Gasteiger partial charge < -0.3 is 25.2 Å². The van der Waals surface area contributed by atoms with Crippen molar-refractivity contribution in [2.75, 3.05) is 14.1 Å². The van der Waals surface area contributed by atoms with E-state index in [1.165, 1.54) is 0 Å². The second-order valence-electron chi connectivity index (χ2n) is 7.66. The van der Waals surface area contributed by atoms with Gasteiger partial charge in [-0.1, -0.05) is 0 Å². The predicted molar refractivity (Wildman–Crippen MR) is 90.3 cm³/mol. The van der Waals surface area contributed by atoms with Gasteiger partial charge in [0.05, 0.1) is 12.2 Å². The number of ether oxygens (including phenoxy) is 1. The summed E-state index contributed by atoms with van der Waals surface area (Å²) in [5, 5.41) is 21.5. The van der Waals surface area contributed by atoms with E-state index in [0.29, 0.717) is 12.5 Å². The second-order valence-corrected chi connectivity index (χ2v) is 7.66. The Hall–Kier alpha value is -0.850. The predicted octanol–water partition coefficient (Wildman–Crippen LogP) is 1.89. The minimum atomic E-state index is -0.456. The maximum absolute atomic E-state index is 11.7. The van der Waals surface area contributed by atoms with Crippen LogP contribution < -0.4 is 5.32 Å². The molecule has 0 aromatic heterocycles. The number of aliphatic hydroxyl groups is 2. The van der Waals surface area contributed by atoms with Gasteiger partial charge in [-0.2, -0.15) is 0 Å². The Morgan fingerprint density at radius 1 is 1.09 bits per heavy atom. The lowest BCUT2D eigenvalue weighted by atomic mass is 10.2. The molecule has 2 aliphatic carbocycles. The fourth-order valence-corrected chi connectivity index (χ4v) is 2.99. The molecule has 6 heteroatoms. The molecule has 0 aromatic rings. The molecule has 4 atom stereocenters. The van der Waals surface area contributed by atoms with Gasteiger partial charge in [-0.15, -0.1) is 0 Å². The fraction of sp³-hybridized carbons (Fsp3) is 0.941. The zero-order valence-electron chi connectivity index (χ0n) is 15.2. The highest BCUT2D eigenvalue weighted by molar-refractivity contribution is 5.68. The molecule has 136 valence electrons. The summed E-state index contributed by atoms with van der Waals surface area (Å²) in [5.41, 5.74) is -0.456. The molecule has 3 N–H and O–H groups in total. The number of rotatable bonds is 2. The molecule has 1 amide bonds. The molecule has 0 aliphatic heterocycles. The summed E-state index contributed by atoms with van der Waals surface area (Å²) in [5.74, 6) is 0. The van der Waals surface area contributed by atoms with Crippen molar-refractivity contribution in [1.29, 1.82) is 0 Å². The van der Waals surface area contributed by atoms with Crippen molar-refractivity contribution in [2.24, 2.45) is 0 Å². The average molecular weight is 330 g/mol. The highest BCUT2D eigenvalue weighted by Crippen LogP contribution is 2.24. The number of hydrogen-bond acceptors (Lipinski definition) is 5. The average Bonchev–Trinajstić information content (AvgIpc) is 3.05. The monoisotopic (exact) mass is 330 g/mol. The normalized spacial score (nSPS) is 30.6. The van der Waals surface area contributed by atoms with Crippen molar-refractivity contribution >= 4 is 6.09 Å². The Morgan fingerprint density at radius 2 is 1.65 bits per heavy atom. The summed E-state index contributed by atoms with van der Waals surface area (Å²) < 4.78 is 5.25. The molecule has 0 saturated heterocycles. The van der Waals surface area contributed by atoms with Crippen molar-refractivity contribution in [3.8, 4) is 0 Å². The Morgan fingerprint density at radius 3 is 2.00 bits per heavy atom. The Kier molecular flexibility index (Phi) is 7.77. The first-order valence-electron chi connectivity index (χ1n) is 8.61. The number of nitrogens with one attached hydrogen (secondary N) is 1. The van der Waals surface area contributed by atoms with Crippen LogP contribution in [0.15, 0.2) is 0 Å². The van der Waals surface area contributed by atoms with E-state index in [-0.39, 0.29) is 24.3 Å². The minimum absolute atomic E-state index is 0.0348. The van der Waals surface area contributed by atoms with Gasteiger partial charge in [0, 0.05) is 19.1 Å². The molecule has 0 radical (unpaired) electrons. The summed E-state index contributed by atoms with van der Waals surface area (Å²) in [4.78, 5) is 13.3. The summed E-state index contributed by atoms with van der Waals surface area (Å²) >= 11 is 0. The van der Waals surface area contributed by atoms with Gasteiger partial charge in [0.1, 0.15) is 5.60 Å². The molecular formula is C17H34N2O4. The van der Waals surface area contributed by atoms with Gasteiger partial charge in [0.15, 0.2) is 0 Å². The van der Waals surface area contributed by atoms with E-state index in [0.717, 1.165) is 32.1 Å². The molecule has 2 saturated carbocycles. The Bertz CT molecular complexity index is 370. The molecule has 2 aliphatic rings. The van der Waals surface area contributed by atoms with Crippen LogP contribution in [0, 0.1) is 0 Å². The van der Waals surface area contributed by atoms with E-state index in [9.17, 15) is 9.90 Å². The lowest BCUT2D eigenvalue weighted by Crippen LogP contribution is -2.39. The van der Waals surface area contributed by atoms with Crippen LogP contribution in [0.1, 0.15) is 59.3 Å². The fourth-order valence-electron chi connectivity index (χ4n) is 2.99. The van der Waals surface area contributed by atoms with Crippen LogP contribution in [-0.4, -0.2) is 65.2 Å². The van der Waals surface area contributed by atoms with E-state index in [1.807, 2.05) is 27.8 Å². The summed E-state index contributed by atoms with van der Waals surface area (Å²) in [6, 6.07) is 0.694. The van der Waals surface area contributed by atoms with Gasteiger partial charge in [-0.25, -0.2) is 4.79 Å². The Balaban J connectivity index is 0.000000277. The lowest BCUT2D eigenvalue weighted by Gasteiger charge is -2.28. The molecular weight excluding hydrogens is 296 g/mol. The van der Waals surface area contributed by atoms with E-state index in [4.69, 9.17) is 9.84 Å². The van der Waals surface area contributed by atoms with Crippen LogP contribution in [0.4, 0.5) is 4.79 Å². The molecule has 23 heavy (non-hydrogen) atoms. The first-order chi connectivity index (χ1) is 10.6. The van der Waals surface area contributed by atoms with Crippen molar-refractivity contribution in [3.05, 3.63) is 0 Å². The van der Waals surface area contributed by atoms with Crippen molar-refractivity contribution < 1.29 is 19.7 Å². The second kappa shape index (κ2) is 8.85. The molecule has 2 rings (SSSR count). The Labute approximate surface area is 140 Å². The van der Waals surface area contributed by atoms with E-state index in [2.05, 4.69) is 5.32 Å². The standard InChI is InChI=1S/C11H21NO3.C6H13NO/c1-11(2,3)15-10(14)12(4)8-5-6-9(13)7-8;1-7-5-2-3-6(8)4-5/h8-9,13H,5-7H2,1-4H3;5-8H,2-4H2,1H3. The number of carbonyl (C=O) groups is 1.